The predicted molar refractivity (Wildman–Crippen MR) is 134 cm³/mol. The second-order valence-electron chi connectivity index (χ2n) is 7.83. The van der Waals surface area contributed by atoms with Gasteiger partial charge < -0.3 is 20.5 Å². The molecule has 0 aliphatic carbocycles. The molecule has 31 heavy (non-hydrogen) atoms. The van der Waals surface area contributed by atoms with Gasteiger partial charge in [-0.3, -0.25) is 9.58 Å². The number of nitrogens with zero attached hydrogens (tertiary/aromatic N) is 4. The molecule has 2 atom stereocenters. The number of nitrogens with one attached hydrogen (secondary N) is 2. The van der Waals surface area contributed by atoms with Crippen molar-refractivity contribution in [1.29, 1.82) is 0 Å². The molecule has 2 heterocycles. The van der Waals surface area contributed by atoms with Crippen molar-refractivity contribution in [2.45, 2.75) is 25.5 Å². The van der Waals surface area contributed by atoms with E-state index in [9.17, 15) is 5.11 Å². The summed E-state index contributed by atoms with van der Waals surface area (Å²) in [7, 11) is 1.84. The first kappa shape index (κ1) is 25.6. The SMILES string of the molecule is CCNC(=NCC(C)(O)c1cnn(C)c1)NCC(c1ccccc1)N1CCOCC1.I. The van der Waals surface area contributed by atoms with E-state index < -0.39 is 5.60 Å². The number of ether oxygens (including phenoxy) is 1. The quantitative estimate of drug-likeness (QED) is 0.269. The number of halogens is 1. The lowest BCUT2D eigenvalue weighted by Crippen LogP contribution is -2.46. The molecule has 1 aliphatic rings. The van der Waals surface area contributed by atoms with Crippen LogP contribution in [0.3, 0.4) is 0 Å². The highest BCUT2D eigenvalue weighted by Gasteiger charge is 2.25. The Morgan fingerprint density at radius 2 is 1.97 bits per heavy atom. The zero-order valence-electron chi connectivity index (χ0n) is 18.6. The van der Waals surface area contributed by atoms with Crippen LogP contribution in [0.25, 0.3) is 0 Å². The van der Waals surface area contributed by atoms with E-state index in [1.165, 1.54) is 5.56 Å². The largest absolute Gasteiger partial charge is 0.383 e. The number of aliphatic hydroxyl groups is 1. The molecule has 0 saturated carbocycles. The van der Waals surface area contributed by atoms with E-state index in [0.29, 0.717) is 12.5 Å². The molecule has 3 N–H and O–H groups in total. The van der Waals surface area contributed by atoms with E-state index in [1.54, 1.807) is 17.8 Å². The normalized spacial score (nSPS) is 18.0. The molecule has 1 aromatic heterocycles. The highest BCUT2D eigenvalue weighted by atomic mass is 127. The second-order valence-corrected chi connectivity index (χ2v) is 7.83. The smallest absolute Gasteiger partial charge is 0.191 e. The molecular weight excluding hydrogens is 507 g/mol. The lowest BCUT2D eigenvalue weighted by Gasteiger charge is -2.35. The fraction of sp³-hybridized carbons (Fsp3) is 0.545. The zero-order valence-corrected chi connectivity index (χ0v) is 21.0. The van der Waals surface area contributed by atoms with Crippen LogP contribution in [-0.4, -0.2) is 71.7 Å². The van der Waals surface area contributed by atoms with Gasteiger partial charge in [-0.25, -0.2) is 4.99 Å². The van der Waals surface area contributed by atoms with Gasteiger partial charge in [-0.2, -0.15) is 5.10 Å². The van der Waals surface area contributed by atoms with E-state index in [1.807, 2.05) is 26.2 Å². The number of aryl methyl sites for hydroxylation is 1. The molecule has 0 amide bonds. The van der Waals surface area contributed by atoms with E-state index >= 15 is 0 Å². The molecule has 0 radical (unpaired) electrons. The molecule has 1 fully saturated rings. The lowest BCUT2D eigenvalue weighted by molar-refractivity contribution is 0.0169. The van der Waals surface area contributed by atoms with Gasteiger partial charge in [-0.05, 0) is 19.4 Å². The molecule has 8 nitrogen and oxygen atoms in total. The van der Waals surface area contributed by atoms with Crippen molar-refractivity contribution in [3.8, 4) is 0 Å². The third-order valence-corrected chi connectivity index (χ3v) is 5.35. The highest BCUT2D eigenvalue weighted by molar-refractivity contribution is 14.0. The van der Waals surface area contributed by atoms with Gasteiger partial charge in [0.1, 0.15) is 5.60 Å². The summed E-state index contributed by atoms with van der Waals surface area (Å²) < 4.78 is 7.22. The summed E-state index contributed by atoms with van der Waals surface area (Å²) in [6.45, 7) is 8.82. The van der Waals surface area contributed by atoms with E-state index in [2.05, 4.69) is 49.9 Å². The van der Waals surface area contributed by atoms with Crippen LogP contribution in [0.1, 0.15) is 31.0 Å². The topological polar surface area (TPSA) is 86.9 Å². The van der Waals surface area contributed by atoms with Crippen molar-refractivity contribution in [3.63, 3.8) is 0 Å². The first-order valence-corrected chi connectivity index (χ1v) is 10.6. The molecule has 172 valence electrons. The zero-order chi connectivity index (χ0) is 21.4. The fourth-order valence-electron chi connectivity index (χ4n) is 3.58. The summed E-state index contributed by atoms with van der Waals surface area (Å²) in [6, 6.07) is 10.7. The number of hydrogen-bond donors (Lipinski definition) is 3. The summed E-state index contributed by atoms with van der Waals surface area (Å²) in [4.78, 5) is 7.09. The maximum Gasteiger partial charge on any atom is 0.191 e. The Morgan fingerprint density at radius 3 is 2.58 bits per heavy atom. The van der Waals surface area contributed by atoms with Crippen molar-refractivity contribution in [3.05, 3.63) is 53.9 Å². The van der Waals surface area contributed by atoms with E-state index in [4.69, 9.17) is 4.74 Å². The van der Waals surface area contributed by atoms with Gasteiger partial charge in [-0.1, -0.05) is 30.3 Å². The Bertz CT molecular complexity index is 805. The molecule has 0 spiro atoms. The summed E-state index contributed by atoms with van der Waals surface area (Å²) in [5.74, 6) is 0.691. The van der Waals surface area contributed by atoms with Gasteiger partial charge in [0.05, 0.1) is 32.0 Å². The fourth-order valence-corrected chi connectivity index (χ4v) is 3.58. The summed E-state index contributed by atoms with van der Waals surface area (Å²) in [5.41, 5.74) is 0.935. The standard InChI is InChI=1S/C22H34N6O2.HI/c1-4-23-21(25-17-22(2,29)19-14-26-27(3)16-19)24-15-20(18-8-6-5-7-9-18)28-10-12-30-13-11-28;/h5-9,14,16,20,29H,4,10-13,15,17H2,1-3H3,(H2,23,24,25);1H. The average molecular weight is 542 g/mol. The minimum absolute atomic E-state index is 0. The van der Waals surface area contributed by atoms with E-state index in [-0.39, 0.29) is 36.6 Å². The van der Waals surface area contributed by atoms with Crippen LogP contribution in [0.5, 0.6) is 0 Å². The Kier molecular flexibility index (Phi) is 10.2. The predicted octanol–water partition coefficient (Wildman–Crippen LogP) is 1.87. The van der Waals surface area contributed by atoms with Gasteiger partial charge in [-0.15, -0.1) is 24.0 Å². The maximum atomic E-state index is 10.8. The lowest BCUT2D eigenvalue weighted by atomic mass is 10.0. The highest BCUT2D eigenvalue weighted by Crippen LogP contribution is 2.22. The van der Waals surface area contributed by atoms with Crippen LogP contribution in [0, 0.1) is 0 Å². The Balaban J connectivity index is 0.00000341. The Labute approximate surface area is 202 Å². The third kappa shape index (κ3) is 7.44. The van der Waals surface area contributed by atoms with E-state index in [0.717, 1.165) is 38.4 Å². The first-order valence-electron chi connectivity index (χ1n) is 10.6. The van der Waals surface area contributed by atoms with Gasteiger partial charge in [0.2, 0.25) is 0 Å². The number of aromatic nitrogens is 2. The minimum atomic E-state index is -1.08. The third-order valence-electron chi connectivity index (χ3n) is 5.35. The van der Waals surface area contributed by atoms with Gasteiger partial charge in [0.25, 0.3) is 0 Å². The molecule has 1 saturated heterocycles. The summed E-state index contributed by atoms with van der Waals surface area (Å²) in [6.07, 6.45) is 3.50. The monoisotopic (exact) mass is 542 g/mol. The number of rotatable bonds is 8. The molecule has 0 bridgehead atoms. The van der Waals surface area contributed by atoms with Crippen LogP contribution < -0.4 is 10.6 Å². The molecule has 2 unspecified atom stereocenters. The van der Waals surface area contributed by atoms with Crippen LogP contribution in [-0.2, 0) is 17.4 Å². The molecule has 3 rings (SSSR count). The number of hydrogen-bond acceptors (Lipinski definition) is 5. The average Bonchev–Trinajstić information content (AvgIpc) is 3.21. The van der Waals surface area contributed by atoms with Crippen molar-refractivity contribution in [2.75, 3.05) is 45.9 Å². The van der Waals surface area contributed by atoms with Gasteiger partial charge in [0.15, 0.2) is 5.96 Å². The number of benzene rings is 1. The maximum absolute atomic E-state index is 10.8. The molecule has 1 aromatic carbocycles. The van der Waals surface area contributed by atoms with Gasteiger partial charge >= 0.3 is 0 Å². The van der Waals surface area contributed by atoms with Crippen LogP contribution >= 0.6 is 24.0 Å². The Morgan fingerprint density at radius 1 is 1.26 bits per heavy atom. The molecular formula is C22H35IN6O2. The number of aliphatic imine (C=N–C) groups is 1. The van der Waals surface area contributed by atoms with Gasteiger partial charge in [0, 0.05) is 45.0 Å². The van der Waals surface area contributed by atoms with Crippen molar-refractivity contribution < 1.29 is 9.84 Å². The number of guanidine groups is 1. The van der Waals surface area contributed by atoms with Crippen LogP contribution in [0.4, 0.5) is 0 Å². The van der Waals surface area contributed by atoms with Crippen molar-refractivity contribution in [1.82, 2.24) is 25.3 Å². The van der Waals surface area contributed by atoms with Crippen LogP contribution in [0.15, 0.2) is 47.7 Å². The van der Waals surface area contributed by atoms with Crippen molar-refractivity contribution >= 4 is 29.9 Å². The molecule has 9 heteroatoms. The Hall–Kier alpha value is -1.69. The van der Waals surface area contributed by atoms with Crippen molar-refractivity contribution in [2.24, 2.45) is 12.0 Å². The molecule has 2 aromatic rings. The van der Waals surface area contributed by atoms with Crippen LogP contribution in [0.2, 0.25) is 0 Å². The minimum Gasteiger partial charge on any atom is -0.383 e. The summed E-state index contributed by atoms with van der Waals surface area (Å²) >= 11 is 0. The summed E-state index contributed by atoms with van der Waals surface area (Å²) in [5, 5.41) is 21.7. The second kappa shape index (κ2) is 12.4. The molecule has 1 aliphatic heterocycles. The number of morpholine rings is 1. The first-order chi connectivity index (χ1) is 14.5.